The van der Waals surface area contributed by atoms with E-state index >= 15 is 0 Å². The Morgan fingerprint density at radius 3 is 2.63 bits per heavy atom. The Hall–Kier alpha value is -2.43. The third-order valence-corrected chi connectivity index (χ3v) is 6.38. The van der Waals surface area contributed by atoms with Crippen molar-refractivity contribution in [1.29, 1.82) is 0 Å². The molecule has 0 spiro atoms. The van der Waals surface area contributed by atoms with Crippen LogP contribution in [-0.4, -0.2) is 78.5 Å². The molecule has 30 heavy (non-hydrogen) atoms. The molecule has 160 valence electrons. The van der Waals surface area contributed by atoms with Crippen LogP contribution in [0, 0.1) is 0 Å². The highest BCUT2D eigenvalue weighted by Gasteiger charge is 2.26. The summed E-state index contributed by atoms with van der Waals surface area (Å²) in [5.74, 6) is 1.32. The molecule has 0 bridgehead atoms. The van der Waals surface area contributed by atoms with Crippen molar-refractivity contribution in [2.75, 3.05) is 69.2 Å². The first kappa shape index (κ1) is 20.8. The summed E-state index contributed by atoms with van der Waals surface area (Å²) in [6.45, 7) is 5.56. The second kappa shape index (κ2) is 8.75. The van der Waals surface area contributed by atoms with Crippen LogP contribution in [0.5, 0.6) is 0 Å². The predicted octanol–water partition coefficient (Wildman–Crippen LogP) is 0.942. The molecular weight excluding hydrogens is 448 g/mol. The van der Waals surface area contributed by atoms with E-state index in [2.05, 4.69) is 48.1 Å². The first-order chi connectivity index (χ1) is 14.4. The van der Waals surface area contributed by atoms with Crippen LogP contribution in [0.3, 0.4) is 0 Å². The van der Waals surface area contributed by atoms with Gasteiger partial charge in [-0.3, -0.25) is 4.79 Å². The fourth-order valence-corrected chi connectivity index (χ4v) is 4.46. The van der Waals surface area contributed by atoms with E-state index in [9.17, 15) is 4.79 Å². The van der Waals surface area contributed by atoms with Crippen LogP contribution in [-0.2, 0) is 0 Å². The molecule has 2 saturated heterocycles. The van der Waals surface area contributed by atoms with E-state index in [-0.39, 0.29) is 17.9 Å². The number of carbonyl (C=O) groups is 1. The summed E-state index contributed by atoms with van der Waals surface area (Å²) < 4.78 is 0.971. The highest BCUT2D eigenvalue weighted by Crippen LogP contribution is 2.29. The number of nitrogen functional groups attached to an aromatic ring is 2. The number of likely N-dealkylation sites (N-methyl/N-ethyl adjacent to an activating group) is 1. The summed E-state index contributed by atoms with van der Waals surface area (Å²) in [4.78, 5) is 27.6. The molecule has 2 aromatic rings. The zero-order valence-electron chi connectivity index (χ0n) is 17.0. The molecule has 5 N–H and O–H groups in total. The van der Waals surface area contributed by atoms with Gasteiger partial charge >= 0.3 is 0 Å². The lowest BCUT2D eigenvalue weighted by Crippen LogP contribution is -2.47. The van der Waals surface area contributed by atoms with Gasteiger partial charge in [0.05, 0.1) is 6.04 Å². The highest BCUT2D eigenvalue weighted by molar-refractivity contribution is 9.10. The van der Waals surface area contributed by atoms with Crippen LogP contribution < -0.4 is 21.7 Å². The molecule has 0 saturated carbocycles. The normalized spacial score (nSPS) is 20.4. The van der Waals surface area contributed by atoms with Crippen molar-refractivity contribution in [2.24, 2.45) is 0 Å². The standard InChI is InChI=1S/C20H27BrN8O/c1-27-6-8-28(9-7-27)19(30)13-2-3-15(21)14(10-13)16-12-29(5-4-24-16)18-11-17(22)25-20(23)26-18/h2-3,10-11,16,24H,4-9,12H2,1H3,(H4,22,23,25,26)/t16-/m0/s1. The monoisotopic (exact) mass is 474 g/mol. The number of nitrogens with two attached hydrogens (primary N) is 2. The minimum atomic E-state index is 0.0331. The summed E-state index contributed by atoms with van der Waals surface area (Å²) in [6.07, 6.45) is 0. The smallest absolute Gasteiger partial charge is 0.253 e. The molecule has 10 heteroatoms. The molecule has 3 heterocycles. The Bertz CT molecular complexity index is 911. The van der Waals surface area contributed by atoms with Gasteiger partial charge in [0, 0.05) is 61.9 Å². The predicted molar refractivity (Wildman–Crippen MR) is 121 cm³/mol. The Balaban J connectivity index is 1.54. The molecule has 0 aliphatic carbocycles. The molecular formula is C20H27BrN8O. The van der Waals surface area contributed by atoms with Gasteiger partial charge in [-0.15, -0.1) is 0 Å². The Morgan fingerprint density at radius 1 is 1.13 bits per heavy atom. The van der Waals surface area contributed by atoms with Crippen molar-refractivity contribution < 1.29 is 4.79 Å². The number of nitrogens with zero attached hydrogens (tertiary/aromatic N) is 5. The number of piperazine rings is 2. The molecule has 1 amide bonds. The molecule has 0 radical (unpaired) electrons. The lowest BCUT2D eigenvalue weighted by atomic mass is 10.0. The van der Waals surface area contributed by atoms with Crippen molar-refractivity contribution in [1.82, 2.24) is 25.1 Å². The number of aromatic nitrogens is 2. The third-order valence-electron chi connectivity index (χ3n) is 5.66. The Labute approximate surface area is 184 Å². The van der Waals surface area contributed by atoms with E-state index in [0.29, 0.717) is 23.7 Å². The van der Waals surface area contributed by atoms with Gasteiger partial charge in [-0.25, -0.2) is 0 Å². The van der Waals surface area contributed by atoms with Crippen molar-refractivity contribution >= 4 is 39.4 Å². The molecule has 2 aliphatic rings. The van der Waals surface area contributed by atoms with Gasteiger partial charge in [-0.2, -0.15) is 9.97 Å². The maximum Gasteiger partial charge on any atom is 0.253 e. The molecule has 1 atom stereocenters. The number of hydrogen-bond acceptors (Lipinski definition) is 8. The van der Waals surface area contributed by atoms with Crippen LogP contribution in [0.4, 0.5) is 17.6 Å². The fourth-order valence-electron chi connectivity index (χ4n) is 3.94. The summed E-state index contributed by atoms with van der Waals surface area (Å²) >= 11 is 3.66. The zero-order chi connectivity index (χ0) is 21.3. The third kappa shape index (κ3) is 4.50. The van der Waals surface area contributed by atoms with E-state index in [4.69, 9.17) is 11.5 Å². The van der Waals surface area contributed by atoms with Gasteiger partial charge in [0.15, 0.2) is 0 Å². The molecule has 9 nitrogen and oxygen atoms in total. The van der Waals surface area contributed by atoms with Crippen LogP contribution in [0.15, 0.2) is 28.7 Å². The van der Waals surface area contributed by atoms with Crippen molar-refractivity contribution in [2.45, 2.75) is 6.04 Å². The maximum absolute atomic E-state index is 13.0. The van der Waals surface area contributed by atoms with E-state index < -0.39 is 0 Å². The topological polar surface area (TPSA) is 117 Å². The van der Waals surface area contributed by atoms with Crippen molar-refractivity contribution in [3.63, 3.8) is 0 Å². The first-order valence-corrected chi connectivity index (χ1v) is 10.9. The number of anilines is 3. The van der Waals surface area contributed by atoms with Crippen LogP contribution >= 0.6 is 15.9 Å². The first-order valence-electron chi connectivity index (χ1n) is 10.1. The second-order valence-corrected chi connectivity index (χ2v) is 8.65. The summed E-state index contributed by atoms with van der Waals surface area (Å²) in [5.41, 5.74) is 13.4. The Morgan fingerprint density at radius 2 is 1.90 bits per heavy atom. The number of hydrogen-bond donors (Lipinski definition) is 3. The molecule has 4 rings (SSSR count). The number of benzene rings is 1. The number of carbonyl (C=O) groups excluding carboxylic acids is 1. The SMILES string of the molecule is CN1CCN(C(=O)c2ccc(Br)c([C@@H]3CN(c4cc(N)nc(N)n4)CCN3)c2)CC1. The zero-order valence-corrected chi connectivity index (χ0v) is 18.6. The minimum Gasteiger partial charge on any atom is -0.383 e. The average molecular weight is 475 g/mol. The van der Waals surface area contributed by atoms with E-state index in [0.717, 1.165) is 49.3 Å². The van der Waals surface area contributed by atoms with E-state index in [1.54, 1.807) is 6.07 Å². The molecule has 2 aliphatic heterocycles. The van der Waals surface area contributed by atoms with Crippen molar-refractivity contribution in [3.8, 4) is 0 Å². The summed E-state index contributed by atoms with van der Waals surface area (Å²) in [6, 6.07) is 7.61. The largest absolute Gasteiger partial charge is 0.383 e. The van der Waals surface area contributed by atoms with Gasteiger partial charge in [0.2, 0.25) is 5.95 Å². The van der Waals surface area contributed by atoms with E-state index in [1.807, 2.05) is 23.1 Å². The molecule has 0 unspecified atom stereocenters. The van der Waals surface area contributed by atoms with Gasteiger partial charge in [0.25, 0.3) is 5.91 Å². The van der Waals surface area contributed by atoms with Gasteiger partial charge in [-0.05, 0) is 30.8 Å². The van der Waals surface area contributed by atoms with Gasteiger partial charge in [-0.1, -0.05) is 15.9 Å². The summed E-state index contributed by atoms with van der Waals surface area (Å²) in [5, 5.41) is 3.55. The maximum atomic E-state index is 13.0. The quantitative estimate of drug-likeness (QED) is 0.601. The van der Waals surface area contributed by atoms with Crippen LogP contribution in [0.2, 0.25) is 0 Å². The number of amides is 1. The Kier molecular flexibility index (Phi) is 6.07. The lowest BCUT2D eigenvalue weighted by molar-refractivity contribution is 0.0664. The van der Waals surface area contributed by atoms with Crippen LogP contribution in [0.1, 0.15) is 22.0 Å². The fraction of sp³-hybridized carbons (Fsp3) is 0.450. The van der Waals surface area contributed by atoms with Gasteiger partial charge in [0.1, 0.15) is 11.6 Å². The van der Waals surface area contributed by atoms with E-state index in [1.165, 1.54) is 0 Å². The van der Waals surface area contributed by atoms with Gasteiger partial charge < -0.3 is 31.5 Å². The molecule has 1 aromatic carbocycles. The van der Waals surface area contributed by atoms with Crippen LogP contribution in [0.25, 0.3) is 0 Å². The highest BCUT2D eigenvalue weighted by atomic mass is 79.9. The lowest BCUT2D eigenvalue weighted by Gasteiger charge is -2.35. The van der Waals surface area contributed by atoms with Crippen molar-refractivity contribution in [3.05, 3.63) is 39.9 Å². The number of halogens is 1. The second-order valence-electron chi connectivity index (χ2n) is 7.79. The average Bonchev–Trinajstić information content (AvgIpc) is 2.73. The summed E-state index contributed by atoms with van der Waals surface area (Å²) in [7, 11) is 2.08. The molecule has 1 aromatic heterocycles. The minimum absolute atomic E-state index is 0.0331. The molecule has 2 fully saturated rings. The number of nitrogens with one attached hydrogen (secondary N) is 1. The number of rotatable bonds is 3.